The van der Waals surface area contributed by atoms with Crippen molar-refractivity contribution in [2.45, 2.75) is 6.54 Å². The van der Waals surface area contributed by atoms with Crippen molar-refractivity contribution >= 4 is 5.78 Å². The minimum absolute atomic E-state index is 0.0284. The highest BCUT2D eigenvalue weighted by Gasteiger charge is 1.98. The average molecular weight is 212 g/mol. The summed E-state index contributed by atoms with van der Waals surface area (Å²) in [4.78, 5) is 15.6. The largest absolute Gasteiger partial charge is 0.334 e. The van der Waals surface area contributed by atoms with E-state index < -0.39 is 0 Å². The smallest absolute Gasteiger partial charge is 0.185 e. The van der Waals surface area contributed by atoms with Gasteiger partial charge in [0, 0.05) is 24.5 Å². The zero-order chi connectivity index (χ0) is 11.2. The lowest BCUT2D eigenvalue weighted by molar-refractivity contribution is 0.104. The highest BCUT2D eigenvalue weighted by molar-refractivity contribution is 6.04. The maximum Gasteiger partial charge on any atom is 0.185 e. The first-order valence-corrected chi connectivity index (χ1v) is 5.08. The van der Waals surface area contributed by atoms with Crippen LogP contribution < -0.4 is 0 Å². The predicted octanol–water partition coefficient (Wildman–Crippen LogP) is 2.32. The second-order valence-electron chi connectivity index (χ2n) is 3.39. The van der Waals surface area contributed by atoms with Crippen LogP contribution in [-0.4, -0.2) is 15.3 Å². The topological polar surface area (TPSA) is 34.9 Å². The van der Waals surface area contributed by atoms with Crippen LogP contribution in [0.15, 0.2) is 61.2 Å². The van der Waals surface area contributed by atoms with Crippen LogP contribution in [0.1, 0.15) is 10.4 Å². The molecule has 2 aromatic rings. The Hall–Kier alpha value is -2.16. The lowest BCUT2D eigenvalue weighted by atomic mass is 10.1. The molecule has 80 valence electrons. The highest BCUT2D eigenvalue weighted by atomic mass is 16.1. The molecule has 0 N–H and O–H groups in total. The Balaban J connectivity index is 1.95. The number of hydrogen-bond donors (Lipinski definition) is 0. The molecule has 1 aromatic heterocycles. The van der Waals surface area contributed by atoms with E-state index in [0.29, 0.717) is 12.1 Å². The second kappa shape index (κ2) is 5.07. The fourth-order valence-corrected chi connectivity index (χ4v) is 1.37. The van der Waals surface area contributed by atoms with Crippen LogP contribution in [0, 0.1) is 0 Å². The van der Waals surface area contributed by atoms with Crippen molar-refractivity contribution in [1.29, 1.82) is 0 Å². The van der Waals surface area contributed by atoms with Gasteiger partial charge in [0.2, 0.25) is 0 Å². The van der Waals surface area contributed by atoms with Gasteiger partial charge in [0.25, 0.3) is 0 Å². The Bertz CT molecular complexity index is 472. The van der Waals surface area contributed by atoms with Crippen molar-refractivity contribution in [3.63, 3.8) is 0 Å². The van der Waals surface area contributed by atoms with Crippen LogP contribution >= 0.6 is 0 Å². The zero-order valence-electron chi connectivity index (χ0n) is 8.78. The van der Waals surface area contributed by atoms with E-state index in [2.05, 4.69) is 4.98 Å². The molecule has 0 aliphatic rings. The quantitative estimate of drug-likeness (QED) is 0.576. The molecule has 3 heteroatoms. The van der Waals surface area contributed by atoms with E-state index in [-0.39, 0.29) is 5.78 Å². The molecule has 0 unspecified atom stereocenters. The summed E-state index contributed by atoms with van der Waals surface area (Å²) >= 11 is 0. The van der Waals surface area contributed by atoms with Crippen molar-refractivity contribution in [2.24, 2.45) is 0 Å². The Kier molecular flexibility index (Phi) is 3.28. The van der Waals surface area contributed by atoms with Gasteiger partial charge in [-0.3, -0.25) is 4.79 Å². The first-order valence-electron chi connectivity index (χ1n) is 5.08. The molecule has 2 rings (SSSR count). The Morgan fingerprint density at radius 1 is 1.31 bits per heavy atom. The van der Waals surface area contributed by atoms with Crippen molar-refractivity contribution in [1.82, 2.24) is 9.55 Å². The summed E-state index contributed by atoms with van der Waals surface area (Å²) < 4.78 is 1.90. The number of ketones is 1. The van der Waals surface area contributed by atoms with Crippen molar-refractivity contribution in [3.05, 3.63) is 66.8 Å². The van der Waals surface area contributed by atoms with Gasteiger partial charge in [0.05, 0.1) is 6.33 Å². The summed E-state index contributed by atoms with van der Waals surface area (Å²) in [7, 11) is 0. The van der Waals surface area contributed by atoms with Gasteiger partial charge in [-0.05, 0) is 6.08 Å². The van der Waals surface area contributed by atoms with E-state index in [9.17, 15) is 4.79 Å². The highest BCUT2D eigenvalue weighted by Crippen LogP contribution is 2.00. The summed E-state index contributed by atoms with van der Waals surface area (Å²) in [5, 5.41) is 0. The molecule has 0 aliphatic heterocycles. The minimum atomic E-state index is 0.0284. The molecule has 0 radical (unpaired) electrons. The molecule has 1 aromatic carbocycles. The van der Waals surface area contributed by atoms with Crippen LogP contribution in [0.25, 0.3) is 0 Å². The van der Waals surface area contributed by atoms with Crippen LogP contribution in [0.4, 0.5) is 0 Å². The molecule has 3 nitrogen and oxygen atoms in total. The lowest BCUT2D eigenvalue weighted by Crippen LogP contribution is -1.95. The van der Waals surface area contributed by atoms with Gasteiger partial charge >= 0.3 is 0 Å². The van der Waals surface area contributed by atoms with E-state index in [1.54, 1.807) is 18.6 Å². The van der Waals surface area contributed by atoms with Gasteiger partial charge in [-0.1, -0.05) is 36.4 Å². The van der Waals surface area contributed by atoms with Gasteiger partial charge in [-0.2, -0.15) is 0 Å². The normalized spacial score (nSPS) is 10.8. The molecular weight excluding hydrogens is 200 g/mol. The van der Waals surface area contributed by atoms with Crippen LogP contribution in [0.3, 0.4) is 0 Å². The van der Waals surface area contributed by atoms with Crippen molar-refractivity contribution in [2.75, 3.05) is 0 Å². The van der Waals surface area contributed by atoms with E-state index in [0.717, 1.165) is 0 Å². The Morgan fingerprint density at radius 2 is 2.12 bits per heavy atom. The third kappa shape index (κ3) is 2.67. The summed E-state index contributed by atoms with van der Waals surface area (Å²) in [5.41, 5.74) is 0.712. The number of imidazole rings is 1. The van der Waals surface area contributed by atoms with Gasteiger partial charge in [0.1, 0.15) is 0 Å². The molecule has 16 heavy (non-hydrogen) atoms. The molecule has 0 spiro atoms. The molecule has 0 saturated heterocycles. The number of benzene rings is 1. The number of hydrogen-bond acceptors (Lipinski definition) is 2. The van der Waals surface area contributed by atoms with Crippen LogP contribution in [0.2, 0.25) is 0 Å². The summed E-state index contributed by atoms with van der Waals surface area (Å²) in [6, 6.07) is 9.23. The van der Waals surface area contributed by atoms with E-state index in [1.807, 2.05) is 47.2 Å². The first kappa shape index (κ1) is 10.4. The maximum atomic E-state index is 11.7. The number of allylic oxidation sites excluding steroid dienone is 2. The fraction of sp³-hybridized carbons (Fsp3) is 0.0769. The Morgan fingerprint density at radius 3 is 2.81 bits per heavy atom. The van der Waals surface area contributed by atoms with E-state index in [4.69, 9.17) is 0 Å². The molecular formula is C13H12N2O. The molecule has 0 amide bonds. The van der Waals surface area contributed by atoms with Crippen molar-refractivity contribution in [3.8, 4) is 0 Å². The number of aromatic nitrogens is 2. The van der Waals surface area contributed by atoms with Gasteiger partial charge < -0.3 is 4.57 Å². The number of carbonyl (C=O) groups excluding carboxylic acids is 1. The van der Waals surface area contributed by atoms with Crippen molar-refractivity contribution < 1.29 is 4.79 Å². The standard InChI is InChI=1S/C13H12N2O/c16-13(12-5-2-1-3-6-12)7-4-9-15-10-8-14-11-15/h1-8,10-11H,9H2. The third-order valence-electron chi connectivity index (χ3n) is 2.20. The predicted molar refractivity (Wildman–Crippen MR) is 62.1 cm³/mol. The first-order chi connectivity index (χ1) is 7.86. The number of rotatable bonds is 4. The molecule has 0 bridgehead atoms. The monoisotopic (exact) mass is 212 g/mol. The number of carbonyl (C=O) groups is 1. The third-order valence-corrected chi connectivity index (χ3v) is 2.20. The van der Waals surface area contributed by atoms with Gasteiger partial charge in [-0.25, -0.2) is 4.98 Å². The molecule has 0 saturated carbocycles. The summed E-state index contributed by atoms with van der Waals surface area (Å²) in [6.45, 7) is 0.665. The average Bonchev–Trinajstić information content (AvgIpc) is 2.83. The van der Waals surface area contributed by atoms with Gasteiger partial charge in [0.15, 0.2) is 5.78 Å². The van der Waals surface area contributed by atoms with Crippen LogP contribution in [0.5, 0.6) is 0 Å². The Labute approximate surface area is 94.1 Å². The zero-order valence-corrected chi connectivity index (χ0v) is 8.78. The van der Waals surface area contributed by atoms with E-state index in [1.165, 1.54) is 0 Å². The molecule has 0 atom stereocenters. The summed E-state index contributed by atoms with van der Waals surface area (Å²) in [5.74, 6) is 0.0284. The van der Waals surface area contributed by atoms with Crippen LogP contribution in [-0.2, 0) is 6.54 Å². The lowest BCUT2D eigenvalue weighted by Gasteiger charge is -1.95. The molecule has 0 fully saturated rings. The number of nitrogens with zero attached hydrogens (tertiary/aromatic N) is 2. The summed E-state index contributed by atoms with van der Waals surface area (Å²) in [6.07, 6.45) is 8.72. The second-order valence-corrected chi connectivity index (χ2v) is 3.39. The molecule has 0 aliphatic carbocycles. The fourth-order valence-electron chi connectivity index (χ4n) is 1.37. The van der Waals surface area contributed by atoms with Gasteiger partial charge in [-0.15, -0.1) is 0 Å². The molecule has 1 heterocycles. The minimum Gasteiger partial charge on any atom is -0.334 e. The SMILES string of the molecule is O=C(C=CCn1ccnc1)c1ccccc1. The van der Waals surface area contributed by atoms with E-state index >= 15 is 0 Å². The maximum absolute atomic E-state index is 11.7.